The fraction of sp³-hybridized carbons (Fsp3) is 0.0952. The third-order valence-corrected chi connectivity index (χ3v) is 4.60. The number of hydrogen-bond donors (Lipinski definition) is 2. The number of amides is 1. The molecule has 2 aromatic heterocycles. The topological polar surface area (TPSA) is 71.3 Å². The number of benzene rings is 2. The van der Waals surface area contributed by atoms with Gasteiger partial charge in [0.05, 0.1) is 16.9 Å². The van der Waals surface area contributed by atoms with E-state index in [0.29, 0.717) is 17.3 Å². The molecule has 7 heteroatoms. The summed E-state index contributed by atoms with van der Waals surface area (Å²) in [4.78, 5) is 21.1. The number of hydrogen-bond acceptors (Lipinski definition) is 4. The van der Waals surface area contributed by atoms with Crippen LogP contribution in [0.25, 0.3) is 16.9 Å². The molecule has 0 aliphatic carbocycles. The molecule has 6 nitrogen and oxygen atoms in total. The van der Waals surface area contributed by atoms with Crippen LogP contribution in [0.4, 0.5) is 11.5 Å². The van der Waals surface area contributed by atoms with Crippen LogP contribution in [0.5, 0.6) is 0 Å². The highest BCUT2D eigenvalue weighted by Crippen LogP contribution is 2.28. The summed E-state index contributed by atoms with van der Waals surface area (Å²) in [6.45, 7) is 0.451. The largest absolute Gasteiger partial charge is 0.369 e. The van der Waals surface area contributed by atoms with E-state index < -0.39 is 0 Å². The molecule has 1 amide bonds. The minimum absolute atomic E-state index is 0.114. The van der Waals surface area contributed by atoms with Gasteiger partial charge in [-0.2, -0.15) is 0 Å². The Hall–Kier alpha value is -3.38. The van der Waals surface area contributed by atoms with Crippen LogP contribution in [0.3, 0.4) is 0 Å². The van der Waals surface area contributed by atoms with Gasteiger partial charge in [-0.25, -0.2) is 4.98 Å². The zero-order valence-corrected chi connectivity index (χ0v) is 15.7. The SMILES string of the molecule is O=C(CCNc1c(-c2ccccc2)nc2cnccn12)Nc1ccccc1Cl. The summed E-state index contributed by atoms with van der Waals surface area (Å²) in [6.07, 6.45) is 5.55. The standard InChI is InChI=1S/C21H18ClN5O/c22-16-8-4-5-9-17(16)25-19(28)10-11-24-21-20(15-6-2-1-3-7-15)26-18-14-23-12-13-27(18)21/h1-9,12-14,24H,10-11H2,(H,25,28). The number of carbonyl (C=O) groups excluding carboxylic acids is 1. The minimum Gasteiger partial charge on any atom is -0.369 e. The molecule has 0 saturated heterocycles. The number of rotatable bonds is 6. The maximum absolute atomic E-state index is 12.3. The lowest BCUT2D eigenvalue weighted by Crippen LogP contribution is -2.17. The Balaban J connectivity index is 1.50. The first kappa shape index (κ1) is 18.0. The summed E-state index contributed by atoms with van der Waals surface area (Å²) >= 11 is 6.09. The fourth-order valence-electron chi connectivity index (χ4n) is 2.94. The van der Waals surface area contributed by atoms with Gasteiger partial charge in [-0.05, 0) is 12.1 Å². The molecule has 0 atom stereocenters. The van der Waals surface area contributed by atoms with Crippen molar-refractivity contribution in [1.29, 1.82) is 0 Å². The molecule has 0 fully saturated rings. The lowest BCUT2D eigenvalue weighted by molar-refractivity contribution is -0.115. The number of carbonyl (C=O) groups is 1. The van der Waals surface area contributed by atoms with Crippen molar-refractivity contribution in [2.75, 3.05) is 17.2 Å². The van der Waals surface area contributed by atoms with E-state index in [1.165, 1.54) is 0 Å². The van der Waals surface area contributed by atoms with Crippen molar-refractivity contribution in [3.05, 3.63) is 78.2 Å². The van der Waals surface area contributed by atoms with Crippen molar-refractivity contribution in [2.45, 2.75) is 6.42 Å². The first-order valence-corrected chi connectivity index (χ1v) is 9.26. The van der Waals surface area contributed by atoms with Gasteiger partial charge in [-0.1, -0.05) is 54.1 Å². The number of anilines is 2. The molecule has 2 heterocycles. The van der Waals surface area contributed by atoms with E-state index >= 15 is 0 Å². The molecule has 28 heavy (non-hydrogen) atoms. The molecule has 0 unspecified atom stereocenters. The van der Waals surface area contributed by atoms with Crippen molar-refractivity contribution in [3.63, 3.8) is 0 Å². The van der Waals surface area contributed by atoms with Crippen LogP contribution in [0, 0.1) is 0 Å². The van der Waals surface area contributed by atoms with Crippen molar-refractivity contribution in [2.24, 2.45) is 0 Å². The maximum atomic E-state index is 12.3. The quantitative estimate of drug-likeness (QED) is 0.508. The van der Waals surface area contributed by atoms with Gasteiger partial charge >= 0.3 is 0 Å². The Morgan fingerprint density at radius 2 is 1.86 bits per heavy atom. The van der Waals surface area contributed by atoms with Crippen LogP contribution in [-0.2, 0) is 4.79 Å². The van der Waals surface area contributed by atoms with E-state index in [-0.39, 0.29) is 12.3 Å². The zero-order chi connectivity index (χ0) is 19.3. The molecule has 4 rings (SSSR count). The summed E-state index contributed by atoms with van der Waals surface area (Å²) in [5.74, 6) is 0.714. The van der Waals surface area contributed by atoms with Crippen LogP contribution in [0.2, 0.25) is 5.02 Å². The van der Waals surface area contributed by atoms with Gasteiger partial charge in [0.1, 0.15) is 11.5 Å². The average molecular weight is 392 g/mol. The second-order valence-electron chi connectivity index (χ2n) is 6.18. The number of halogens is 1. The number of nitrogens with zero attached hydrogens (tertiary/aromatic N) is 3. The van der Waals surface area contributed by atoms with E-state index in [9.17, 15) is 4.79 Å². The molecule has 140 valence electrons. The summed E-state index contributed by atoms with van der Waals surface area (Å²) < 4.78 is 1.93. The molecule has 0 bridgehead atoms. The fourth-order valence-corrected chi connectivity index (χ4v) is 3.13. The van der Waals surface area contributed by atoms with E-state index in [4.69, 9.17) is 11.6 Å². The maximum Gasteiger partial charge on any atom is 0.226 e. The van der Waals surface area contributed by atoms with Crippen LogP contribution in [-0.4, -0.2) is 26.8 Å². The van der Waals surface area contributed by atoms with Crippen molar-refractivity contribution in [3.8, 4) is 11.3 Å². The highest BCUT2D eigenvalue weighted by molar-refractivity contribution is 6.33. The summed E-state index contributed by atoms with van der Waals surface area (Å²) in [7, 11) is 0. The predicted octanol–water partition coefficient (Wildman–Crippen LogP) is 4.49. The Morgan fingerprint density at radius 1 is 1.07 bits per heavy atom. The van der Waals surface area contributed by atoms with Crippen LogP contribution in [0.15, 0.2) is 73.2 Å². The molecule has 0 aliphatic heterocycles. The van der Waals surface area contributed by atoms with Crippen LogP contribution < -0.4 is 10.6 Å². The monoisotopic (exact) mass is 391 g/mol. The van der Waals surface area contributed by atoms with Gasteiger partial charge in [0, 0.05) is 30.9 Å². The lowest BCUT2D eigenvalue weighted by Gasteiger charge is -2.10. The van der Waals surface area contributed by atoms with E-state index in [2.05, 4.69) is 20.6 Å². The molecule has 0 radical (unpaired) electrons. The highest BCUT2D eigenvalue weighted by Gasteiger charge is 2.14. The van der Waals surface area contributed by atoms with E-state index in [1.807, 2.05) is 53.1 Å². The summed E-state index contributed by atoms with van der Waals surface area (Å²) in [6, 6.07) is 17.1. The van der Waals surface area contributed by atoms with Gasteiger partial charge in [-0.15, -0.1) is 0 Å². The molecule has 2 N–H and O–H groups in total. The number of nitrogens with one attached hydrogen (secondary N) is 2. The Morgan fingerprint density at radius 3 is 2.68 bits per heavy atom. The molecule has 2 aromatic carbocycles. The third-order valence-electron chi connectivity index (χ3n) is 4.27. The van der Waals surface area contributed by atoms with Gasteiger partial charge in [0.2, 0.25) is 5.91 Å². The molecular weight excluding hydrogens is 374 g/mol. The molecular formula is C21H18ClN5O. The summed E-state index contributed by atoms with van der Waals surface area (Å²) in [5, 5.41) is 6.69. The van der Waals surface area contributed by atoms with Gasteiger partial charge in [0.15, 0.2) is 5.65 Å². The molecule has 0 aliphatic rings. The number of aromatic nitrogens is 3. The number of imidazole rings is 1. The van der Waals surface area contributed by atoms with Crippen molar-refractivity contribution in [1.82, 2.24) is 14.4 Å². The first-order valence-electron chi connectivity index (χ1n) is 8.88. The van der Waals surface area contributed by atoms with Crippen LogP contribution in [0.1, 0.15) is 6.42 Å². The van der Waals surface area contributed by atoms with Crippen LogP contribution >= 0.6 is 11.6 Å². The number of fused-ring (bicyclic) bond motifs is 1. The van der Waals surface area contributed by atoms with E-state index in [0.717, 1.165) is 22.7 Å². The minimum atomic E-state index is -0.114. The van der Waals surface area contributed by atoms with Gasteiger partial charge in [0.25, 0.3) is 0 Å². The lowest BCUT2D eigenvalue weighted by atomic mass is 10.1. The average Bonchev–Trinajstić information content (AvgIpc) is 3.09. The number of para-hydroxylation sites is 1. The molecule has 0 saturated carbocycles. The summed E-state index contributed by atoms with van der Waals surface area (Å²) in [5.41, 5.74) is 3.17. The smallest absolute Gasteiger partial charge is 0.226 e. The van der Waals surface area contributed by atoms with Gasteiger partial charge in [-0.3, -0.25) is 14.2 Å². The predicted molar refractivity (Wildman–Crippen MR) is 112 cm³/mol. The Kier molecular flexibility index (Phi) is 5.21. The molecule has 0 spiro atoms. The second kappa shape index (κ2) is 8.10. The Bertz CT molecular complexity index is 1110. The molecule has 4 aromatic rings. The first-order chi connectivity index (χ1) is 13.7. The third kappa shape index (κ3) is 3.82. The van der Waals surface area contributed by atoms with Crippen molar-refractivity contribution >= 4 is 34.7 Å². The highest BCUT2D eigenvalue weighted by atomic mass is 35.5. The Labute approximate surface area is 167 Å². The van der Waals surface area contributed by atoms with Crippen molar-refractivity contribution < 1.29 is 4.79 Å². The van der Waals surface area contributed by atoms with E-state index in [1.54, 1.807) is 24.5 Å². The second-order valence-corrected chi connectivity index (χ2v) is 6.59. The normalized spacial score (nSPS) is 10.8. The van der Waals surface area contributed by atoms with Gasteiger partial charge < -0.3 is 10.6 Å². The zero-order valence-electron chi connectivity index (χ0n) is 15.0.